The molecule has 1 aromatic heterocycles. The largest absolute Gasteiger partial charge is 0.489 e. The number of amides is 1. The maximum Gasteiger partial charge on any atom is 0.295 e. The monoisotopic (exact) mass is 431 g/mol. The van der Waals surface area contributed by atoms with Crippen molar-refractivity contribution in [3.8, 4) is 11.5 Å². The molecule has 0 radical (unpaired) electrons. The van der Waals surface area contributed by atoms with Crippen LogP contribution in [0.1, 0.15) is 16.7 Å². The van der Waals surface area contributed by atoms with Crippen LogP contribution in [-0.4, -0.2) is 24.5 Å². The Hall–Kier alpha value is -4.00. The summed E-state index contributed by atoms with van der Waals surface area (Å²) in [5, 5.41) is 5.77. The van der Waals surface area contributed by atoms with Crippen LogP contribution in [0.5, 0.6) is 11.5 Å². The predicted octanol–water partition coefficient (Wildman–Crippen LogP) is 4.45. The summed E-state index contributed by atoms with van der Waals surface area (Å²) < 4.78 is 17.4. The second kappa shape index (κ2) is 9.87. The number of rotatable bonds is 9. The van der Waals surface area contributed by atoms with Crippen LogP contribution in [0.2, 0.25) is 0 Å². The number of oxazole rings is 1. The minimum Gasteiger partial charge on any atom is -0.489 e. The number of carbonyl (C=O) groups excluding carboxylic acids is 1. The molecule has 7 heteroatoms. The lowest BCUT2D eigenvalue weighted by Crippen LogP contribution is -2.25. The highest BCUT2D eigenvalue weighted by molar-refractivity contribution is 5.77. The number of fused-ring (bicyclic) bond motifs is 1. The topological polar surface area (TPSA) is 85.6 Å². The molecule has 0 saturated heterocycles. The first-order valence-electron chi connectivity index (χ1n) is 10.4. The molecule has 4 aromatic rings. The maximum atomic E-state index is 11.6. The number of nitrogens with zero attached hydrogens (tertiary/aromatic N) is 1. The molecule has 0 aliphatic rings. The van der Waals surface area contributed by atoms with E-state index in [1.165, 1.54) is 0 Å². The summed E-state index contributed by atoms with van der Waals surface area (Å²) in [7, 11) is 1.58. The second-order valence-electron chi connectivity index (χ2n) is 7.30. The molecule has 0 unspecified atom stereocenters. The van der Waals surface area contributed by atoms with Gasteiger partial charge < -0.3 is 24.5 Å². The molecule has 4 rings (SSSR count). The van der Waals surface area contributed by atoms with Gasteiger partial charge in [-0.15, -0.1) is 0 Å². The zero-order valence-corrected chi connectivity index (χ0v) is 18.1. The molecule has 3 aromatic carbocycles. The van der Waals surface area contributed by atoms with Crippen LogP contribution >= 0.6 is 0 Å². The summed E-state index contributed by atoms with van der Waals surface area (Å²) in [6.45, 7) is 2.79. The lowest BCUT2D eigenvalue weighted by atomic mass is 10.1. The standard InChI is InChI=1S/C25H25N3O4/c1-17-7-5-9-19(24(17)31-16-23(29)26-2)15-30-20-10-6-8-18(13-20)14-27-25-28-21-11-3-4-12-22(21)32-25/h3-13H,14-16H2,1-2H3,(H,26,29)(H,27,28). The summed E-state index contributed by atoms with van der Waals surface area (Å²) in [5.74, 6) is 1.23. The quantitative estimate of drug-likeness (QED) is 0.407. The zero-order chi connectivity index (χ0) is 22.3. The number of anilines is 1. The summed E-state index contributed by atoms with van der Waals surface area (Å²) in [6, 6.07) is 21.8. The van der Waals surface area contributed by atoms with Crippen molar-refractivity contribution in [1.29, 1.82) is 0 Å². The van der Waals surface area contributed by atoms with Gasteiger partial charge in [-0.2, -0.15) is 4.98 Å². The van der Waals surface area contributed by atoms with Gasteiger partial charge in [-0.05, 0) is 42.3 Å². The van der Waals surface area contributed by atoms with E-state index in [0.29, 0.717) is 24.9 Å². The van der Waals surface area contributed by atoms with Gasteiger partial charge in [0.2, 0.25) is 0 Å². The molecule has 0 saturated carbocycles. The summed E-state index contributed by atoms with van der Waals surface area (Å²) in [5.41, 5.74) is 4.43. The fourth-order valence-corrected chi connectivity index (χ4v) is 3.28. The SMILES string of the molecule is CNC(=O)COc1c(C)cccc1COc1cccc(CNc2nc3ccccc3o2)c1. The van der Waals surface area contributed by atoms with Crippen molar-refractivity contribution in [3.05, 3.63) is 83.4 Å². The van der Waals surface area contributed by atoms with Crippen molar-refractivity contribution >= 4 is 23.0 Å². The van der Waals surface area contributed by atoms with Crippen LogP contribution in [-0.2, 0) is 17.9 Å². The molecule has 32 heavy (non-hydrogen) atoms. The first kappa shape index (κ1) is 21.2. The third kappa shape index (κ3) is 5.18. The van der Waals surface area contributed by atoms with E-state index in [1.54, 1.807) is 7.05 Å². The van der Waals surface area contributed by atoms with E-state index in [1.807, 2.05) is 73.7 Å². The van der Waals surface area contributed by atoms with Gasteiger partial charge in [0.15, 0.2) is 12.2 Å². The molecule has 2 N–H and O–H groups in total. The summed E-state index contributed by atoms with van der Waals surface area (Å²) in [6.07, 6.45) is 0. The molecule has 1 amide bonds. The number of aromatic nitrogens is 1. The number of benzene rings is 3. The number of likely N-dealkylation sites (N-methyl/N-ethyl adjacent to an activating group) is 1. The highest BCUT2D eigenvalue weighted by atomic mass is 16.5. The zero-order valence-electron chi connectivity index (χ0n) is 18.1. The van der Waals surface area contributed by atoms with E-state index in [-0.39, 0.29) is 12.5 Å². The van der Waals surface area contributed by atoms with E-state index < -0.39 is 0 Å². The van der Waals surface area contributed by atoms with Crippen molar-refractivity contribution in [2.75, 3.05) is 19.0 Å². The van der Waals surface area contributed by atoms with Gasteiger partial charge in [0.1, 0.15) is 23.6 Å². The van der Waals surface area contributed by atoms with Crippen LogP contribution < -0.4 is 20.1 Å². The first-order chi connectivity index (χ1) is 15.6. The Morgan fingerprint density at radius 3 is 2.72 bits per heavy atom. The highest BCUT2D eigenvalue weighted by Crippen LogP contribution is 2.26. The fourth-order valence-electron chi connectivity index (χ4n) is 3.28. The molecule has 0 bridgehead atoms. The minimum absolute atomic E-state index is 0.0364. The van der Waals surface area contributed by atoms with Crippen molar-refractivity contribution in [3.63, 3.8) is 0 Å². The fraction of sp³-hybridized carbons (Fsp3) is 0.200. The van der Waals surface area contributed by atoms with Crippen molar-refractivity contribution in [1.82, 2.24) is 10.3 Å². The molecule has 0 fully saturated rings. The third-order valence-electron chi connectivity index (χ3n) is 4.95. The van der Waals surface area contributed by atoms with Gasteiger partial charge >= 0.3 is 0 Å². The number of aryl methyl sites for hydroxylation is 1. The van der Waals surface area contributed by atoms with Crippen LogP contribution in [0, 0.1) is 6.92 Å². The maximum absolute atomic E-state index is 11.6. The second-order valence-corrected chi connectivity index (χ2v) is 7.30. The number of carbonyl (C=O) groups is 1. The van der Waals surface area contributed by atoms with Crippen LogP contribution in [0.25, 0.3) is 11.1 Å². The molecule has 1 heterocycles. The average Bonchev–Trinajstić information content (AvgIpc) is 3.24. The summed E-state index contributed by atoms with van der Waals surface area (Å²) in [4.78, 5) is 16.0. The molecule has 164 valence electrons. The molecule has 0 aliphatic carbocycles. The van der Waals surface area contributed by atoms with Crippen LogP contribution in [0.15, 0.2) is 71.1 Å². The van der Waals surface area contributed by atoms with Crippen molar-refractivity contribution in [2.45, 2.75) is 20.1 Å². The summed E-state index contributed by atoms with van der Waals surface area (Å²) >= 11 is 0. The van der Waals surface area contributed by atoms with Gasteiger partial charge in [0, 0.05) is 19.2 Å². The normalized spacial score (nSPS) is 10.7. The van der Waals surface area contributed by atoms with E-state index >= 15 is 0 Å². The molecule has 0 atom stereocenters. The Kier molecular flexibility index (Phi) is 6.55. The van der Waals surface area contributed by atoms with E-state index in [9.17, 15) is 4.79 Å². The Bertz CT molecular complexity index is 1190. The number of para-hydroxylation sites is 3. The smallest absolute Gasteiger partial charge is 0.295 e. The van der Waals surface area contributed by atoms with E-state index in [0.717, 1.165) is 33.5 Å². The van der Waals surface area contributed by atoms with Gasteiger partial charge in [0.25, 0.3) is 11.9 Å². The molecular formula is C25H25N3O4. The molecule has 0 aliphatic heterocycles. The molecular weight excluding hydrogens is 406 g/mol. The lowest BCUT2D eigenvalue weighted by Gasteiger charge is -2.15. The van der Waals surface area contributed by atoms with Gasteiger partial charge in [-0.1, -0.05) is 42.5 Å². The Morgan fingerprint density at radius 2 is 1.88 bits per heavy atom. The Labute approximate surface area is 186 Å². The third-order valence-corrected chi connectivity index (χ3v) is 4.95. The number of nitrogens with one attached hydrogen (secondary N) is 2. The Morgan fingerprint density at radius 1 is 1.03 bits per heavy atom. The van der Waals surface area contributed by atoms with Gasteiger partial charge in [-0.25, -0.2) is 0 Å². The van der Waals surface area contributed by atoms with Gasteiger partial charge in [0.05, 0.1) is 0 Å². The van der Waals surface area contributed by atoms with E-state index in [4.69, 9.17) is 13.9 Å². The van der Waals surface area contributed by atoms with Crippen molar-refractivity contribution in [2.24, 2.45) is 0 Å². The van der Waals surface area contributed by atoms with Crippen LogP contribution in [0.3, 0.4) is 0 Å². The number of ether oxygens (including phenoxy) is 2. The Balaban J connectivity index is 1.39. The van der Waals surface area contributed by atoms with Crippen LogP contribution in [0.4, 0.5) is 6.01 Å². The van der Waals surface area contributed by atoms with Gasteiger partial charge in [-0.3, -0.25) is 4.79 Å². The minimum atomic E-state index is -0.181. The molecule has 0 spiro atoms. The number of hydrogen-bond acceptors (Lipinski definition) is 6. The first-order valence-corrected chi connectivity index (χ1v) is 10.4. The van der Waals surface area contributed by atoms with E-state index in [2.05, 4.69) is 15.6 Å². The highest BCUT2D eigenvalue weighted by Gasteiger charge is 2.10. The van der Waals surface area contributed by atoms with Crippen molar-refractivity contribution < 1.29 is 18.7 Å². The predicted molar refractivity (Wildman–Crippen MR) is 123 cm³/mol. The average molecular weight is 431 g/mol. The lowest BCUT2D eigenvalue weighted by molar-refractivity contribution is -0.122. The number of hydrogen-bond donors (Lipinski definition) is 2. The molecule has 7 nitrogen and oxygen atoms in total.